The number of aromatic nitrogens is 4. The van der Waals surface area contributed by atoms with E-state index < -0.39 is 48.8 Å². The van der Waals surface area contributed by atoms with Crippen molar-refractivity contribution in [3.63, 3.8) is 0 Å². The SMILES string of the molecule is [2H]C([2H])([2H])n1cc(-c2ccnc(N3CCn4c(cc5c4CC(C)(C)C5)C3=O)c2CO)cc(Nc2ccc(N3CCN([C@H]4CCN(c5ccc6c(c5)C(=O)N([C@H]5CCC(=O)NC5=O)C6=O)[C@H](C)C4)C[C@@H]3C)cn2)c1=O. The molecular formula is C53H59N11O7. The first kappa shape index (κ1) is 42.7. The first-order valence-electron chi connectivity index (χ1n) is 26.0. The Kier molecular flexibility index (Phi) is 10.6. The van der Waals surface area contributed by atoms with E-state index in [0.717, 1.165) is 68.1 Å². The lowest BCUT2D eigenvalue weighted by atomic mass is 9.90. The van der Waals surface area contributed by atoms with Crippen LogP contribution in [0.15, 0.2) is 71.9 Å². The number of carbonyl (C=O) groups is 5. The summed E-state index contributed by atoms with van der Waals surface area (Å²) >= 11 is 0. The zero-order chi connectivity index (χ0) is 52.1. The molecule has 5 aromatic rings. The van der Waals surface area contributed by atoms with Crippen molar-refractivity contribution < 1.29 is 33.2 Å². The second kappa shape index (κ2) is 17.6. The molecule has 0 unspecified atom stereocenters. The van der Waals surface area contributed by atoms with Crippen LogP contribution in [0.1, 0.15) is 106 Å². The second-order valence-electron chi connectivity index (χ2n) is 20.7. The van der Waals surface area contributed by atoms with Gasteiger partial charge in [-0.3, -0.25) is 48.8 Å². The van der Waals surface area contributed by atoms with Crippen LogP contribution in [-0.4, -0.2) is 120 Å². The van der Waals surface area contributed by atoms with Crippen molar-refractivity contribution in [2.24, 2.45) is 12.4 Å². The molecule has 0 spiro atoms. The van der Waals surface area contributed by atoms with Gasteiger partial charge in [0.1, 0.15) is 29.1 Å². The molecule has 5 aliphatic heterocycles. The molecule has 4 aromatic heterocycles. The van der Waals surface area contributed by atoms with Crippen LogP contribution in [0.3, 0.4) is 0 Å². The van der Waals surface area contributed by atoms with Crippen molar-refractivity contribution in [2.45, 2.75) is 104 Å². The number of nitrogens with one attached hydrogen (secondary N) is 2. The molecule has 0 radical (unpaired) electrons. The van der Waals surface area contributed by atoms with E-state index in [2.05, 4.69) is 67.6 Å². The van der Waals surface area contributed by atoms with E-state index in [1.807, 2.05) is 18.2 Å². The fourth-order valence-electron chi connectivity index (χ4n) is 12.0. The number of rotatable bonds is 9. The molecule has 3 saturated heterocycles. The zero-order valence-corrected chi connectivity index (χ0v) is 40.3. The van der Waals surface area contributed by atoms with Gasteiger partial charge in [-0.2, -0.15) is 0 Å². The molecule has 11 rings (SSSR count). The van der Waals surface area contributed by atoms with Gasteiger partial charge in [-0.1, -0.05) is 13.8 Å². The number of amides is 5. The Balaban J connectivity index is 0.751. The minimum atomic E-state index is -2.84. The summed E-state index contributed by atoms with van der Waals surface area (Å²) in [7, 11) is 0. The van der Waals surface area contributed by atoms with Gasteiger partial charge in [0.15, 0.2) is 0 Å². The quantitative estimate of drug-likeness (QED) is 0.173. The number of piperazine rings is 1. The molecule has 0 saturated carbocycles. The smallest absolute Gasteiger partial charge is 0.276 e. The topological polar surface area (TPSA) is 199 Å². The number of nitrogens with zero attached hydrogens (tertiary/aromatic N) is 9. The average Bonchev–Trinajstić information content (AvgIpc) is 3.95. The van der Waals surface area contributed by atoms with Gasteiger partial charge in [0, 0.05) is 110 Å². The summed E-state index contributed by atoms with van der Waals surface area (Å²) in [6.07, 6.45) is 8.23. The summed E-state index contributed by atoms with van der Waals surface area (Å²) in [5.74, 6) is -1.72. The molecule has 3 fully saturated rings. The normalized spacial score (nSPS) is 24.1. The highest BCUT2D eigenvalue weighted by atomic mass is 16.3. The molecular weight excluding hydrogens is 903 g/mol. The molecule has 6 aliphatic rings. The number of hydrogen-bond donors (Lipinski definition) is 3. The maximum atomic E-state index is 14.1. The van der Waals surface area contributed by atoms with Crippen molar-refractivity contribution in [1.82, 2.24) is 34.2 Å². The average molecular weight is 965 g/mol. The minimum Gasteiger partial charge on any atom is -0.392 e. The Hall–Kier alpha value is -7.18. The van der Waals surface area contributed by atoms with E-state index in [4.69, 9.17) is 4.11 Å². The fraction of sp³-hybridized carbons (Fsp3) is 0.434. The number of benzene rings is 1. The maximum Gasteiger partial charge on any atom is 0.276 e. The monoisotopic (exact) mass is 964 g/mol. The Bertz CT molecular complexity index is 3220. The van der Waals surface area contributed by atoms with Gasteiger partial charge in [-0.05, 0) is 111 Å². The number of imide groups is 2. The summed E-state index contributed by atoms with van der Waals surface area (Å²) in [4.78, 5) is 98.0. The van der Waals surface area contributed by atoms with Crippen molar-refractivity contribution in [1.29, 1.82) is 0 Å². The molecule has 4 atom stereocenters. The summed E-state index contributed by atoms with van der Waals surface area (Å²) in [6.45, 7) is 9.49. The van der Waals surface area contributed by atoms with E-state index in [9.17, 15) is 33.9 Å². The predicted octanol–water partition coefficient (Wildman–Crippen LogP) is 4.63. The van der Waals surface area contributed by atoms with Gasteiger partial charge >= 0.3 is 0 Å². The third-order valence-electron chi connectivity index (χ3n) is 15.5. The molecule has 5 amide bonds. The van der Waals surface area contributed by atoms with Crippen LogP contribution in [-0.2, 0) is 42.6 Å². The Morgan fingerprint density at radius 1 is 0.831 bits per heavy atom. The standard InChI is InChI=1S/C53H59N11O7/c1-30-20-34(13-15-60(30)35-6-8-38-39(23-35)50(69)64(49(38)68)42-9-11-46(66)57-48(42)67)59-16-17-61(31(2)27-59)36-7-10-45(55-26-36)56-41-21-33(28-58(5)51(41)70)37-12-14-54-47(40(37)29-65)63-19-18-62-43(52(63)71)22-32-24-53(3,4)25-44(32)62/h6-8,10,12,14,21-23,26,28,30-31,34,42,65H,9,11,13,15-20,24-25,27,29H2,1-5H3,(H,55,56)(H,57,66,67)/t30-,31+,34+,42+/m1/s1/i5D3. The highest BCUT2D eigenvalue weighted by Gasteiger charge is 2.45. The fourth-order valence-corrected chi connectivity index (χ4v) is 12.0. The largest absolute Gasteiger partial charge is 0.392 e. The molecule has 0 bridgehead atoms. The van der Waals surface area contributed by atoms with Crippen LogP contribution >= 0.6 is 0 Å². The van der Waals surface area contributed by atoms with E-state index in [-0.39, 0.29) is 58.9 Å². The molecule has 1 aromatic carbocycles. The van der Waals surface area contributed by atoms with Gasteiger partial charge in [0.25, 0.3) is 23.3 Å². The van der Waals surface area contributed by atoms with E-state index in [1.165, 1.54) is 29.7 Å². The van der Waals surface area contributed by atoms with Crippen LogP contribution in [0.25, 0.3) is 11.1 Å². The number of piperidine rings is 2. The van der Waals surface area contributed by atoms with Crippen molar-refractivity contribution in [2.75, 3.05) is 52.7 Å². The van der Waals surface area contributed by atoms with Gasteiger partial charge in [-0.15, -0.1) is 0 Å². The van der Waals surface area contributed by atoms with Gasteiger partial charge < -0.3 is 29.4 Å². The number of aliphatic hydroxyl groups is 1. The maximum absolute atomic E-state index is 14.1. The molecule has 1 aliphatic carbocycles. The van der Waals surface area contributed by atoms with E-state index >= 15 is 0 Å². The third kappa shape index (κ3) is 8.06. The van der Waals surface area contributed by atoms with Crippen LogP contribution < -0.4 is 30.9 Å². The number of fused-ring (bicyclic) bond motifs is 4. The molecule has 368 valence electrons. The molecule has 18 nitrogen and oxygen atoms in total. The highest BCUT2D eigenvalue weighted by molar-refractivity contribution is 6.23. The summed E-state index contributed by atoms with van der Waals surface area (Å²) in [5, 5.41) is 16.2. The number of carbonyl (C=O) groups excluding carboxylic acids is 5. The Morgan fingerprint density at radius 2 is 1.63 bits per heavy atom. The van der Waals surface area contributed by atoms with Crippen molar-refractivity contribution in [3.8, 4) is 11.1 Å². The number of pyridine rings is 3. The van der Waals surface area contributed by atoms with Gasteiger partial charge in [-0.25, -0.2) is 9.97 Å². The van der Waals surface area contributed by atoms with E-state index in [1.54, 1.807) is 35.4 Å². The number of aliphatic hydroxyl groups excluding tert-OH is 1. The van der Waals surface area contributed by atoms with Gasteiger partial charge in [0.2, 0.25) is 11.8 Å². The van der Waals surface area contributed by atoms with Crippen molar-refractivity contribution in [3.05, 3.63) is 111 Å². The molecule has 9 heterocycles. The molecule has 3 N–H and O–H groups in total. The third-order valence-corrected chi connectivity index (χ3v) is 15.5. The number of hydrogen-bond acceptors (Lipinski definition) is 13. The first-order valence-corrected chi connectivity index (χ1v) is 24.5. The highest BCUT2D eigenvalue weighted by Crippen LogP contribution is 2.41. The first-order chi connectivity index (χ1) is 35.3. The van der Waals surface area contributed by atoms with E-state index in [0.29, 0.717) is 51.9 Å². The molecule has 18 heteroatoms. The van der Waals surface area contributed by atoms with Crippen LogP contribution in [0, 0.1) is 5.41 Å². The summed E-state index contributed by atoms with van der Waals surface area (Å²) in [5.41, 5.74) is 5.58. The predicted molar refractivity (Wildman–Crippen MR) is 267 cm³/mol. The zero-order valence-electron chi connectivity index (χ0n) is 43.3. The molecule has 71 heavy (non-hydrogen) atoms. The second-order valence-corrected chi connectivity index (χ2v) is 20.7. The Labute approximate surface area is 415 Å². The van der Waals surface area contributed by atoms with Crippen LogP contribution in [0.5, 0.6) is 0 Å². The lowest BCUT2D eigenvalue weighted by molar-refractivity contribution is -0.136. The number of aryl methyl sites for hydroxylation is 1. The lowest BCUT2D eigenvalue weighted by Crippen LogP contribution is -2.58. The van der Waals surface area contributed by atoms with Crippen LogP contribution in [0.2, 0.25) is 0 Å². The summed E-state index contributed by atoms with van der Waals surface area (Å²) < 4.78 is 27.6. The Morgan fingerprint density at radius 3 is 2.38 bits per heavy atom. The minimum absolute atomic E-state index is 0.0381. The lowest BCUT2D eigenvalue weighted by Gasteiger charge is -2.48. The van der Waals surface area contributed by atoms with Crippen LogP contribution in [0.4, 0.5) is 28.7 Å². The number of anilines is 5. The summed E-state index contributed by atoms with van der Waals surface area (Å²) in [6, 6.07) is 13.7. The van der Waals surface area contributed by atoms with Crippen molar-refractivity contribution >= 4 is 58.2 Å². The van der Waals surface area contributed by atoms with Gasteiger partial charge in [0.05, 0.1) is 29.6 Å².